The van der Waals surface area contributed by atoms with Crippen LogP contribution < -0.4 is 15.4 Å². The number of nitrogens with two attached hydrogens (primary N) is 1. The smallest absolute Gasteiger partial charge is 0.154 e. The number of fused-ring (bicyclic) bond motifs is 2. The second-order valence-electron chi connectivity index (χ2n) is 32.7. The highest BCUT2D eigenvalue weighted by molar-refractivity contribution is 5.85. The van der Waals surface area contributed by atoms with E-state index in [0.29, 0.717) is 22.4 Å². The predicted octanol–water partition coefficient (Wildman–Crippen LogP) is 27.5. The summed E-state index contributed by atoms with van der Waals surface area (Å²) < 4.78 is 13.0. The van der Waals surface area contributed by atoms with Crippen molar-refractivity contribution >= 4 is 6.29 Å². The Bertz CT molecular complexity index is 2550. The number of aliphatic hydroxyl groups is 1. The maximum Gasteiger partial charge on any atom is 0.154 e. The molecule has 2 aliphatic rings. The largest absolute Gasteiger partial charge is 0.508 e. The molecule has 100 heavy (non-hydrogen) atoms. The van der Waals surface area contributed by atoms with Gasteiger partial charge in [-0.05, 0) is 219 Å². The van der Waals surface area contributed by atoms with E-state index < -0.39 is 5.60 Å². The van der Waals surface area contributed by atoms with Crippen molar-refractivity contribution in [3.05, 3.63) is 80.9 Å². The number of carbonyl (C=O) groups excluding carboxylic acids is 1. The molecule has 588 valence electrons. The van der Waals surface area contributed by atoms with Crippen LogP contribution in [0.25, 0.3) is 0 Å². The lowest BCUT2D eigenvalue weighted by molar-refractivity contribution is 0.0509. The van der Waals surface area contributed by atoms with Crippen molar-refractivity contribution in [1.82, 2.24) is 0 Å². The second kappa shape index (κ2) is 54.4. The van der Waals surface area contributed by atoms with Crippen molar-refractivity contribution in [3.63, 3.8) is 0 Å². The van der Waals surface area contributed by atoms with Gasteiger partial charge >= 0.3 is 0 Å². The van der Waals surface area contributed by atoms with Crippen LogP contribution in [0.15, 0.2) is 30.9 Å². The molecule has 10 nitrogen and oxygen atoms in total. The number of phenols is 4. The van der Waals surface area contributed by atoms with E-state index in [9.17, 15) is 20.1 Å². The van der Waals surface area contributed by atoms with E-state index in [0.717, 1.165) is 150 Å². The standard InChI is InChI=1S/C29H48O3.C28H48O2.C20H40O.C8H10O2.5CH4.H3NO/c1-20(2)11-8-12-21(3)13-9-14-22(4)15-10-17-29(7)18-16-25-23(5)27(31)26(19-30)24(6)28(25)32-29;1-20(2)11-8-12-21(3)13-9-14-22(4)15-10-17-28(7)18-16-25-24(6)26(29)19-23(5)27(25)30-28;1-7-20(6,21)16-10-15-19(5)14-9-13-18(4)12-8-11-17(2)3;1-5-3-8(10)6(2)4-7(5)9;;;;;;1-2/h19-22,31H,8-18H2,1-7H3;19-22,29H,8-18H2,1-7H3;7,17-19,21H,1,8-16H2,2-6H3;3-4,9-10H,1-2H3;5*1H4;2H,1H2. The molecule has 2 aliphatic heterocycles. The van der Waals surface area contributed by atoms with Gasteiger partial charge in [-0.15, -0.1) is 6.58 Å². The molecule has 0 amide bonds. The number of rotatable bonds is 38. The van der Waals surface area contributed by atoms with Gasteiger partial charge in [0.2, 0.25) is 0 Å². The lowest BCUT2D eigenvalue weighted by atomic mass is 9.83. The second-order valence-corrected chi connectivity index (χ2v) is 32.7. The van der Waals surface area contributed by atoms with Gasteiger partial charge in [0.1, 0.15) is 45.7 Å². The van der Waals surface area contributed by atoms with Gasteiger partial charge in [-0.3, -0.25) is 4.79 Å². The Balaban J connectivity index is -0.000000412. The zero-order valence-electron chi connectivity index (χ0n) is 65.2. The van der Waals surface area contributed by atoms with Gasteiger partial charge in [0, 0.05) is 16.7 Å². The molecule has 0 radical (unpaired) electrons. The number of ether oxygens (including phenoxy) is 2. The predicted molar refractivity (Wildman–Crippen MR) is 439 cm³/mol. The molecule has 0 saturated heterocycles. The minimum Gasteiger partial charge on any atom is -0.508 e. The number of aromatic hydroxyl groups is 4. The van der Waals surface area contributed by atoms with Crippen LogP contribution in [-0.2, 0) is 12.8 Å². The highest BCUT2D eigenvalue weighted by Gasteiger charge is 2.36. The molecule has 10 heteroatoms. The number of aldehydes is 1. The van der Waals surface area contributed by atoms with Gasteiger partial charge in [0.05, 0.1) is 11.2 Å². The summed E-state index contributed by atoms with van der Waals surface area (Å²) in [6.45, 7) is 49.7. The minimum atomic E-state index is -0.676. The Morgan fingerprint density at radius 3 is 1.06 bits per heavy atom. The summed E-state index contributed by atoms with van der Waals surface area (Å²) in [5, 5.41) is 55.1. The molecule has 3 aromatic carbocycles. The number of carbonyl (C=O) groups is 1. The number of aryl methyl sites for hydroxylation is 3. The van der Waals surface area contributed by atoms with Crippen LogP contribution in [-0.4, -0.2) is 53.8 Å². The molecule has 0 saturated carbocycles. The fourth-order valence-electron chi connectivity index (χ4n) is 14.0. The summed E-state index contributed by atoms with van der Waals surface area (Å²) >= 11 is 0. The summed E-state index contributed by atoms with van der Waals surface area (Å²) in [5.41, 5.74) is 6.74. The van der Waals surface area contributed by atoms with Crippen molar-refractivity contribution in [3.8, 4) is 34.5 Å². The van der Waals surface area contributed by atoms with Gasteiger partial charge in [0.15, 0.2) is 6.29 Å². The monoisotopic (exact) mass is 1410 g/mol. The number of hydrogen-bond acceptors (Lipinski definition) is 10. The van der Waals surface area contributed by atoms with Crippen molar-refractivity contribution in [2.45, 2.75) is 398 Å². The molecule has 9 unspecified atom stereocenters. The van der Waals surface area contributed by atoms with E-state index in [4.69, 9.17) is 24.9 Å². The highest BCUT2D eigenvalue weighted by atomic mass is 16.5. The number of hydrogen-bond donors (Lipinski definition) is 7. The molecule has 5 rings (SSSR count). The normalized spacial score (nSPS) is 17.3. The number of benzene rings is 3. The van der Waals surface area contributed by atoms with Crippen molar-refractivity contribution in [2.24, 2.45) is 59.2 Å². The highest BCUT2D eigenvalue weighted by Crippen LogP contribution is 2.46. The Hall–Kier alpha value is -4.25. The molecule has 3 aromatic rings. The SMILES string of the molecule is C.C.C.C.C.C=CC(C)(O)CCCC(C)CCCC(C)CCCC(C)C.Cc1c(O)c(C=O)c(C)c2c1CCC(C)(CCCC(C)CCCC(C)CCCC(C)C)O2.Cc1cc(O)c(C)c2c1OC(C)(CCCC(C)CCCC(C)CCCC(C)C)CC2.Cc1cc(O)c(C)cc1O.NO. The average Bonchev–Trinajstić information content (AvgIpc) is 0.771. The van der Waals surface area contributed by atoms with Gasteiger partial charge in [-0.25, -0.2) is 5.90 Å². The minimum absolute atomic E-state index is 0. The zero-order chi connectivity index (χ0) is 72.2. The summed E-state index contributed by atoms with van der Waals surface area (Å²) in [6, 6.07) is 4.95. The lowest BCUT2D eigenvalue weighted by Crippen LogP contribution is -2.37. The lowest BCUT2D eigenvalue weighted by Gasteiger charge is -2.38. The fourth-order valence-corrected chi connectivity index (χ4v) is 14.0. The molecule has 0 fully saturated rings. The third-order valence-electron chi connectivity index (χ3n) is 21.3. The first-order valence-corrected chi connectivity index (χ1v) is 38.2. The van der Waals surface area contributed by atoms with Gasteiger partial charge < -0.3 is 40.2 Å². The Morgan fingerprint density at radius 1 is 0.450 bits per heavy atom. The third kappa shape index (κ3) is 41.3. The molecular weight excluding hydrogens is 1240 g/mol. The molecule has 2 heterocycles. The zero-order valence-corrected chi connectivity index (χ0v) is 65.2. The van der Waals surface area contributed by atoms with Crippen LogP contribution in [0.1, 0.15) is 382 Å². The Morgan fingerprint density at radius 2 is 0.740 bits per heavy atom. The molecular formula is C90H169NO9. The van der Waals surface area contributed by atoms with E-state index in [1.807, 2.05) is 33.8 Å². The Labute approximate surface area is 621 Å². The first-order chi connectivity index (χ1) is 44.6. The first kappa shape index (κ1) is 104. The molecule has 0 aliphatic carbocycles. The van der Waals surface area contributed by atoms with Crippen LogP contribution in [0.5, 0.6) is 34.5 Å². The van der Waals surface area contributed by atoms with Crippen LogP contribution in [0.2, 0.25) is 0 Å². The van der Waals surface area contributed by atoms with E-state index in [1.165, 1.54) is 153 Å². The van der Waals surface area contributed by atoms with Gasteiger partial charge in [0.25, 0.3) is 0 Å². The molecule has 9 atom stereocenters. The van der Waals surface area contributed by atoms with Crippen molar-refractivity contribution in [2.75, 3.05) is 0 Å². The topological polar surface area (TPSA) is 183 Å². The van der Waals surface area contributed by atoms with Gasteiger partial charge in [-0.2, -0.15) is 0 Å². The summed E-state index contributed by atoms with van der Waals surface area (Å²) in [4.78, 5) is 11.5. The van der Waals surface area contributed by atoms with Gasteiger partial charge in [-0.1, -0.05) is 268 Å². The molecule has 0 spiro atoms. The fraction of sp³-hybridized carbons (Fsp3) is 0.767. The molecule has 8 N–H and O–H groups in total. The summed E-state index contributed by atoms with van der Waals surface area (Å²) in [5.74, 6) is 13.9. The third-order valence-corrected chi connectivity index (χ3v) is 21.3. The van der Waals surface area contributed by atoms with Crippen molar-refractivity contribution < 1.29 is 45.0 Å². The summed E-state index contributed by atoms with van der Waals surface area (Å²) in [6.07, 6.45) is 41.4. The van der Waals surface area contributed by atoms with Crippen LogP contribution in [0.4, 0.5) is 0 Å². The van der Waals surface area contributed by atoms with E-state index in [1.54, 1.807) is 32.1 Å². The van der Waals surface area contributed by atoms with Crippen LogP contribution in [0, 0.1) is 94.8 Å². The van der Waals surface area contributed by atoms with Crippen LogP contribution >= 0.6 is 0 Å². The van der Waals surface area contributed by atoms with E-state index in [-0.39, 0.29) is 65.6 Å². The van der Waals surface area contributed by atoms with E-state index >= 15 is 0 Å². The maximum atomic E-state index is 11.5. The maximum absolute atomic E-state index is 11.5. The molecule has 0 bridgehead atoms. The summed E-state index contributed by atoms with van der Waals surface area (Å²) in [7, 11) is 0. The van der Waals surface area contributed by atoms with Crippen LogP contribution in [0.3, 0.4) is 0 Å². The first-order valence-electron chi connectivity index (χ1n) is 38.2. The average molecular weight is 1410 g/mol. The van der Waals surface area contributed by atoms with Crippen molar-refractivity contribution in [1.29, 1.82) is 0 Å². The Kier molecular flexibility index (Phi) is 56.8. The number of phenolic OH excluding ortho intramolecular Hbond substituents is 4. The quantitative estimate of drug-likeness (QED) is 0.0126. The molecule has 0 aromatic heterocycles. The van der Waals surface area contributed by atoms with E-state index in [2.05, 4.69) is 116 Å².